The Morgan fingerprint density at radius 3 is 2.31 bits per heavy atom. The van der Waals surface area contributed by atoms with Gasteiger partial charge in [0.05, 0.1) is 11.1 Å². The molecule has 0 radical (unpaired) electrons. The van der Waals surface area contributed by atoms with E-state index in [9.17, 15) is 8.42 Å². The molecule has 3 rings (SSSR count). The van der Waals surface area contributed by atoms with E-state index in [1.54, 1.807) is 23.4 Å². The van der Waals surface area contributed by atoms with E-state index in [1.807, 2.05) is 24.9 Å². The van der Waals surface area contributed by atoms with Crippen molar-refractivity contribution in [2.45, 2.75) is 32.2 Å². The summed E-state index contributed by atoms with van der Waals surface area (Å²) in [5, 5.41) is 4.87. The van der Waals surface area contributed by atoms with E-state index in [1.165, 1.54) is 5.56 Å². The molecule has 1 aliphatic rings. The summed E-state index contributed by atoms with van der Waals surface area (Å²) in [5.41, 5.74) is 3.80. The van der Waals surface area contributed by atoms with Crippen molar-refractivity contribution in [3.8, 4) is 0 Å². The fourth-order valence-corrected chi connectivity index (χ4v) is 5.17. The van der Waals surface area contributed by atoms with Crippen LogP contribution in [-0.4, -0.2) is 53.6 Å². The third-order valence-electron chi connectivity index (χ3n) is 5.14. The van der Waals surface area contributed by atoms with Gasteiger partial charge in [0, 0.05) is 56.1 Å². The maximum absolute atomic E-state index is 13.0. The molecule has 0 amide bonds. The molecule has 1 aromatic heterocycles. The first-order valence-corrected chi connectivity index (χ1v) is 10.5. The molecule has 2 heterocycles. The molecule has 0 bridgehead atoms. The zero-order valence-corrected chi connectivity index (χ0v) is 17.2. The number of aromatic nitrogens is 2. The largest absolute Gasteiger partial charge is 0.296 e. The maximum atomic E-state index is 13.0. The number of piperazine rings is 1. The van der Waals surface area contributed by atoms with Gasteiger partial charge >= 0.3 is 0 Å². The predicted molar refractivity (Wildman–Crippen MR) is 103 cm³/mol. The predicted octanol–water partition coefficient (Wildman–Crippen LogP) is 2.51. The van der Waals surface area contributed by atoms with Crippen molar-refractivity contribution in [1.82, 2.24) is 19.0 Å². The fourth-order valence-electron chi connectivity index (χ4n) is 3.24. The van der Waals surface area contributed by atoms with Crippen molar-refractivity contribution < 1.29 is 8.42 Å². The van der Waals surface area contributed by atoms with Crippen molar-refractivity contribution in [1.29, 1.82) is 0 Å². The average Bonchev–Trinajstić information content (AvgIpc) is 2.90. The van der Waals surface area contributed by atoms with Crippen LogP contribution in [0.3, 0.4) is 0 Å². The van der Waals surface area contributed by atoms with Crippen LogP contribution in [0.2, 0.25) is 5.02 Å². The first-order chi connectivity index (χ1) is 12.2. The Hall–Kier alpha value is -1.41. The molecule has 142 valence electrons. The van der Waals surface area contributed by atoms with Crippen molar-refractivity contribution in [3.05, 3.63) is 45.7 Å². The van der Waals surface area contributed by atoms with Gasteiger partial charge in [0.1, 0.15) is 0 Å². The lowest BCUT2D eigenvalue weighted by atomic mass is 10.2. The molecule has 0 unspecified atom stereocenters. The number of sulfonamides is 1. The standard InChI is InChI=1S/C18H25ClN4O2S/c1-13-10-18(14(2)9-17(13)19)26(24,25)23-7-5-22(6-8-23)12-16-11-20-21(4)15(16)3/h9-11H,5-8,12H2,1-4H3. The van der Waals surface area contributed by atoms with Crippen LogP contribution in [0.5, 0.6) is 0 Å². The number of hydrogen-bond acceptors (Lipinski definition) is 4. The summed E-state index contributed by atoms with van der Waals surface area (Å²) in [6, 6.07) is 3.41. The van der Waals surface area contributed by atoms with E-state index in [-0.39, 0.29) is 0 Å². The smallest absolute Gasteiger partial charge is 0.243 e. The van der Waals surface area contributed by atoms with Crippen LogP contribution in [0.1, 0.15) is 22.4 Å². The highest BCUT2D eigenvalue weighted by Gasteiger charge is 2.30. The van der Waals surface area contributed by atoms with Gasteiger partial charge in [-0.2, -0.15) is 9.40 Å². The highest BCUT2D eigenvalue weighted by atomic mass is 35.5. The Balaban J connectivity index is 1.71. The zero-order chi connectivity index (χ0) is 19.1. The normalized spacial score (nSPS) is 17.0. The average molecular weight is 397 g/mol. The van der Waals surface area contributed by atoms with Gasteiger partial charge < -0.3 is 0 Å². The van der Waals surface area contributed by atoms with Crippen LogP contribution in [0.15, 0.2) is 23.2 Å². The van der Waals surface area contributed by atoms with Crippen LogP contribution >= 0.6 is 11.6 Å². The van der Waals surface area contributed by atoms with Crippen LogP contribution < -0.4 is 0 Å². The van der Waals surface area contributed by atoms with Gasteiger partial charge in [-0.15, -0.1) is 0 Å². The number of hydrogen-bond donors (Lipinski definition) is 0. The minimum atomic E-state index is -3.50. The van der Waals surface area contributed by atoms with E-state index in [2.05, 4.69) is 16.9 Å². The lowest BCUT2D eigenvalue weighted by molar-refractivity contribution is 0.181. The van der Waals surface area contributed by atoms with Crippen molar-refractivity contribution in [2.75, 3.05) is 26.2 Å². The van der Waals surface area contributed by atoms with Crippen LogP contribution in [-0.2, 0) is 23.6 Å². The first kappa shape index (κ1) is 19.4. The minimum Gasteiger partial charge on any atom is -0.296 e. The van der Waals surface area contributed by atoms with E-state index in [4.69, 9.17) is 11.6 Å². The quantitative estimate of drug-likeness (QED) is 0.796. The van der Waals surface area contributed by atoms with Gasteiger partial charge in [0.2, 0.25) is 10.0 Å². The summed E-state index contributed by atoms with van der Waals surface area (Å²) in [7, 11) is -1.57. The van der Waals surface area contributed by atoms with Crippen molar-refractivity contribution in [2.24, 2.45) is 7.05 Å². The summed E-state index contributed by atoms with van der Waals surface area (Å²) >= 11 is 6.11. The topological polar surface area (TPSA) is 58.4 Å². The van der Waals surface area contributed by atoms with E-state index in [0.29, 0.717) is 41.7 Å². The lowest BCUT2D eigenvalue weighted by Gasteiger charge is -2.34. The Morgan fingerprint density at radius 1 is 1.08 bits per heavy atom. The molecule has 6 nitrogen and oxygen atoms in total. The second-order valence-electron chi connectivity index (χ2n) is 6.93. The molecule has 1 fully saturated rings. The second kappa shape index (κ2) is 7.31. The SMILES string of the molecule is Cc1cc(S(=O)(=O)N2CCN(Cc3cnn(C)c3C)CC2)c(C)cc1Cl. The van der Waals surface area contributed by atoms with E-state index >= 15 is 0 Å². The Labute approximate surface area is 160 Å². The number of halogens is 1. The van der Waals surface area contributed by atoms with E-state index in [0.717, 1.165) is 17.8 Å². The summed E-state index contributed by atoms with van der Waals surface area (Å²) < 4.78 is 29.5. The Bertz CT molecular complexity index is 916. The molecule has 0 atom stereocenters. The highest BCUT2D eigenvalue weighted by molar-refractivity contribution is 7.89. The fraction of sp³-hybridized carbons (Fsp3) is 0.500. The van der Waals surface area contributed by atoms with Gasteiger partial charge in [0.25, 0.3) is 0 Å². The summed E-state index contributed by atoms with van der Waals surface area (Å²) in [6.07, 6.45) is 1.89. The van der Waals surface area contributed by atoms with Gasteiger partial charge in [0.15, 0.2) is 0 Å². The minimum absolute atomic E-state index is 0.357. The molecule has 0 saturated carbocycles. The van der Waals surface area contributed by atoms with Gasteiger partial charge in [-0.25, -0.2) is 8.42 Å². The third-order valence-corrected chi connectivity index (χ3v) is 7.58. The maximum Gasteiger partial charge on any atom is 0.243 e. The molecule has 1 aliphatic heterocycles. The van der Waals surface area contributed by atoms with Gasteiger partial charge in [-0.05, 0) is 44.0 Å². The molecule has 26 heavy (non-hydrogen) atoms. The molecule has 8 heteroatoms. The number of benzene rings is 1. The monoisotopic (exact) mass is 396 g/mol. The van der Waals surface area contributed by atoms with Crippen LogP contribution in [0.25, 0.3) is 0 Å². The van der Waals surface area contributed by atoms with Crippen LogP contribution in [0, 0.1) is 20.8 Å². The second-order valence-corrected chi connectivity index (χ2v) is 9.24. The number of aryl methyl sites for hydroxylation is 3. The molecule has 2 aromatic rings. The first-order valence-electron chi connectivity index (χ1n) is 8.67. The summed E-state index contributed by atoms with van der Waals surface area (Å²) in [4.78, 5) is 2.63. The Morgan fingerprint density at radius 2 is 1.73 bits per heavy atom. The molecular formula is C18H25ClN4O2S. The van der Waals surface area contributed by atoms with Gasteiger partial charge in [-0.3, -0.25) is 9.58 Å². The summed E-state index contributed by atoms with van der Waals surface area (Å²) in [5.74, 6) is 0. The molecule has 0 aliphatic carbocycles. The third kappa shape index (κ3) is 3.67. The van der Waals surface area contributed by atoms with Gasteiger partial charge in [-0.1, -0.05) is 11.6 Å². The summed E-state index contributed by atoms with van der Waals surface area (Å²) in [6.45, 7) is 8.86. The molecular weight excluding hydrogens is 372 g/mol. The zero-order valence-electron chi connectivity index (χ0n) is 15.7. The molecule has 1 aromatic carbocycles. The van der Waals surface area contributed by atoms with Crippen LogP contribution in [0.4, 0.5) is 0 Å². The lowest BCUT2D eigenvalue weighted by Crippen LogP contribution is -2.48. The van der Waals surface area contributed by atoms with E-state index < -0.39 is 10.0 Å². The number of rotatable bonds is 4. The van der Waals surface area contributed by atoms with Crippen molar-refractivity contribution >= 4 is 21.6 Å². The molecule has 0 spiro atoms. The number of nitrogens with zero attached hydrogens (tertiary/aromatic N) is 4. The Kier molecular flexibility index (Phi) is 5.44. The molecule has 0 N–H and O–H groups in total. The van der Waals surface area contributed by atoms with Crippen molar-refractivity contribution in [3.63, 3.8) is 0 Å². The highest BCUT2D eigenvalue weighted by Crippen LogP contribution is 2.27. The molecule has 1 saturated heterocycles.